The number of hydrogen-bond donors (Lipinski definition) is 2. The van der Waals surface area contributed by atoms with Gasteiger partial charge >= 0.3 is 17.1 Å². The molecule has 0 spiro atoms. The first-order valence-corrected chi connectivity index (χ1v) is 20.5. The molecule has 2 aromatic rings. The smallest absolute Gasteiger partial charge is 0.316 e. The minimum atomic E-state index is -1.39. The van der Waals surface area contributed by atoms with Gasteiger partial charge in [-0.25, -0.2) is 18.2 Å². The molecule has 6 heteroatoms. The number of nitrogens with one attached hydrogen (secondary N) is 2. The van der Waals surface area contributed by atoms with Gasteiger partial charge in [-0.15, -0.1) is 18.5 Å². The van der Waals surface area contributed by atoms with Crippen LogP contribution < -0.4 is 15.8 Å². The van der Waals surface area contributed by atoms with Crippen LogP contribution in [0, 0.1) is 35.5 Å². The monoisotopic (exact) mass is 622 g/mol. The largest absolute Gasteiger partial charge is 2.00 e. The Bertz CT molecular complexity index is 997. The molecule has 216 valence electrons. The molecule has 6 aliphatic rings. The van der Waals surface area contributed by atoms with E-state index in [1.165, 1.54) is 77.3 Å². The SMILES string of the molecule is C[Si](C)(C)c1cc(C23CC4CC(CC(C4)C2CP)C3)c(C(P)(C2CCNC2)C2CCNC2)[cH-]1.[Fe+2].c1cc[cH-]c1. The van der Waals surface area contributed by atoms with Crippen molar-refractivity contribution in [2.45, 2.75) is 75.2 Å². The van der Waals surface area contributed by atoms with Crippen molar-refractivity contribution >= 4 is 31.7 Å². The van der Waals surface area contributed by atoms with Crippen LogP contribution in [0.4, 0.5) is 0 Å². The van der Waals surface area contributed by atoms with Crippen molar-refractivity contribution in [3.63, 3.8) is 0 Å². The van der Waals surface area contributed by atoms with E-state index in [0.29, 0.717) is 5.41 Å². The van der Waals surface area contributed by atoms with Crippen LogP contribution in [-0.4, -0.2) is 40.4 Å². The van der Waals surface area contributed by atoms with E-state index in [0.717, 1.165) is 35.5 Å². The van der Waals surface area contributed by atoms with Crippen molar-refractivity contribution in [3.05, 3.63) is 53.6 Å². The van der Waals surface area contributed by atoms with Gasteiger partial charge in [-0.2, -0.15) is 40.6 Å². The predicted molar refractivity (Wildman–Crippen MR) is 174 cm³/mol. The molecule has 6 fully saturated rings. The molecule has 7 unspecified atom stereocenters. The van der Waals surface area contributed by atoms with E-state index in [9.17, 15) is 0 Å². The molecule has 2 N–H and O–H groups in total. The molecule has 0 amide bonds. The van der Waals surface area contributed by atoms with Crippen LogP contribution in [0.5, 0.6) is 0 Å². The molecule has 8 rings (SSSR count). The quantitative estimate of drug-likeness (QED) is 0.228. The van der Waals surface area contributed by atoms with Gasteiger partial charge in [0, 0.05) is 0 Å². The summed E-state index contributed by atoms with van der Waals surface area (Å²) in [5, 5.41) is 9.46. The molecule has 2 heterocycles. The van der Waals surface area contributed by atoms with Gasteiger partial charge in [0.2, 0.25) is 0 Å². The first-order chi connectivity index (χ1) is 18.3. The Kier molecular flexibility index (Phi) is 9.49. The Labute approximate surface area is 255 Å². The topological polar surface area (TPSA) is 24.1 Å². The molecule has 4 bridgehead atoms. The van der Waals surface area contributed by atoms with Crippen LogP contribution >= 0.6 is 18.5 Å². The van der Waals surface area contributed by atoms with Gasteiger partial charge in [-0.3, -0.25) is 0 Å². The van der Waals surface area contributed by atoms with Crippen molar-refractivity contribution < 1.29 is 17.1 Å². The molecule has 7 atom stereocenters. The van der Waals surface area contributed by atoms with Crippen LogP contribution in [-0.2, 0) is 27.6 Å². The van der Waals surface area contributed by atoms with E-state index in [2.05, 4.69) is 60.9 Å². The van der Waals surface area contributed by atoms with E-state index < -0.39 is 8.07 Å². The van der Waals surface area contributed by atoms with E-state index in [-0.39, 0.29) is 22.2 Å². The molecule has 2 aromatic carbocycles. The van der Waals surface area contributed by atoms with Gasteiger partial charge in [0.25, 0.3) is 0 Å². The Morgan fingerprint density at radius 1 is 0.974 bits per heavy atom. The summed E-state index contributed by atoms with van der Waals surface area (Å²) in [7, 11) is 5.38. The van der Waals surface area contributed by atoms with Crippen molar-refractivity contribution in [3.8, 4) is 0 Å². The van der Waals surface area contributed by atoms with Gasteiger partial charge < -0.3 is 10.6 Å². The fraction of sp³-hybridized carbons (Fsp3) is 0.697. The normalized spacial score (nSPS) is 36.7. The van der Waals surface area contributed by atoms with E-state index in [4.69, 9.17) is 0 Å². The zero-order valence-corrected chi connectivity index (χ0v) is 28.9. The summed E-state index contributed by atoms with van der Waals surface area (Å²) < 4.78 is 0. The summed E-state index contributed by atoms with van der Waals surface area (Å²) in [5.41, 5.74) is 4.09. The fourth-order valence-corrected chi connectivity index (χ4v) is 12.7. The Hall–Kier alpha value is 0.216. The van der Waals surface area contributed by atoms with Crippen molar-refractivity contribution in [1.29, 1.82) is 0 Å². The standard InChI is InChI=1S/C28H47N2P2Si.C5H5.Fe/c1-33(2,3)23-11-24(27-13-18-8-19(14-27)10-20(9-18)26(27)17-31)25(12-23)28(32,21-4-6-29-15-21)22-5-7-30-16-22;1-2-4-5-3-1;/h11-12,18-22,26,29-30H,4-10,13-17,31-32H2,1-3H3;1-5H;/q2*-1;+2. The third kappa shape index (κ3) is 5.53. The Balaban J connectivity index is 0.000000464. The number of rotatable bonds is 6. The summed E-state index contributed by atoms with van der Waals surface area (Å²) in [6, 6.07) is 15.6. The Morgan fingerprint density at radius 3 is 2.00 bits per heavy atom. The predicted octanol–water partition coefficient (Wildman–Crippen LogP) is 6.21. The van der Waals surface area contributed by atoms with Crippen molar-refractivity contribution in [2.24, 2.45) is 35.5 Å². The minimum Gasteiger partial charge on any atom is -0.316 e. The Morgan fingerprint density at radius 2 is 1.56 bits per heavy atom. The molecule has 2 aliphatic heterocycles. The second-order valence-electron chi connectivity index (χ2n) is 14.7. The summed E-state index contributed by atoms with van der Waals surface area (Å²) in [5.74, 6) is 5.33. The van der Waals surface area contributed by atoms with E-state index in [1.54, 1.807) is 10.8 Å². The summed E-state index contributed by atoms with van der Waals surface area (Å²) >= 11 is 0. The van der Waals surface area contributed by atoms with Crippen LogP contribution in [0.1, 0.15) is 56.1 Å². The van der Waals surface area contributed by atoms with Gasteiger partial charge in [-0.1, -0.05) is 37.9 Å². The summed E-state index contributed by atoms with van der Waals surface area (Å²) in [4.78, 5) is 0. The average Bonchev–Trinajstić information content (AvgIpc) is 3.72. The van der Waals surface area contributed by atoms with Crippen molar-refractivity contribution in [2.75, 3.05) is 32.3 Å². The van der Waals surface area contributed by atoms with Crippen LogP contribution in [0.3, 0.4) is 0 Å². The summed E-state index contributed by atoms with van der Waals surface area (Å²) in [6.07, 6.45) is 11.5. The van der Waals surface area contributed by atoms with Gasteiger partial charge in [0.15, 0.2) is 0 Å². The molecular formula is C33H52FeN2P2Si. The molecule has 4 saturated carbocycles. The minimum absolute atomic E-state index is 0. The first kappa shape index (κ1) is 30.7. The molecule has 4 aliphatic carbocycles. The maximum atomic E-state index is 3.75. The fourth-order valence-electron chi connectivity index (χ4n) is 9.91. The molecular weight excluding hydrogens is 570 g/mol. The average molecular weight is 623 g/mol. The zero-order chi connectivity index (χ0) is 26.5. The third-order valence-corrected chi connectivity index (χ3v) is 15.3. The van der Waals surface area contributed by atoms with Crippen LogP contribution in [0.2, 0.25) is 19.6 Å². The van der Waals surface area contributed by atoms with Gasteiger partial charge in [0.05, 0.1) is 8.07 Å². The molecule has 39 heavy (non-hydrogen) atoms. The molecule has 0 aromatic heterocycles. The van der Waals surface area contributed by atoms with Crippen LogP contribution in [0.25, 0.3) is 0 Å². The third-order valence-electron chi connectivity index (χ3n) is 11.6. The van der Waals surface area contributed by atoms with Crippen molar-refractivity contribution in [1.82, 2.24) is 10.6 Å². The van der Waals surface area contributed by atoms with Crippen LogP contribution in [0.15, 0.2) is 42.5 Å². The zero-order valence-electron chi connectivity index (χ0n) is 24.5. The van der Waals surface area contributed by atoms with E-state index >= 15 is 0 Å². The summed E-state index contributed by atoms with van der Waals surface area (Å²) in [6.45, 7) is 12.5. The first-order valence-electron chi connectivity index (χ1n) is 15.6. The second kappa shape index (κ2) is 12.1. The number of hydrogen-bond acceptors (Lipinski definition) is 2. The van der Waals surface area contributed by atoms with E-state index in [1.807, 2.05) is 35.9 Å². The second-order valence-corrected chi connectivity index (χ2v) is 21.2. The van der Waals surface area contributed by atoms with Gasteiger partial charge in [0.1, 0.15) is 0 Å². The van der Waals surface area contributed by atoms with Gasteiger partial charge in [-0.05, 0) is 105 Å². The maximum Gasteiger partial charge on any atom is 2.00 e. The molecule has 2 saturated heterocycles. The maximum absolute atomic E-state index is 3.75. The molecule has 2 nitrogen and oxygen atoms in total. The molecule has 0 radical (unpaired) electrons.